The van der Waals surface area contributed by atoms with Crippen LogP contribution in [-0.4, -0.2) is 34.6 Å². The van der Waals surface area contributed by atoms with Gasteiger partial charge in [-0.2, -0.15) is 0 Å². The van der Waals surface area contributed by atoms with E-state index in [0.717, 1.165) is 23.1 Å². The first kappa shape index (κ1) is 18.1. The quantitative estimate of drug-likeness (QED) is 0.875. The predicted octanol–water partition coefficient (Wildman–Crippen LogP) is 3.90. The largest absolute Gasteiger partial charge is 0.465 e. The Bertz CT molecular complexity index is 825. The zero-order valence-corrected chi connectivity index (χ0v) is 14.3. The van der Waals surface area contributed by atoms with Crippen LogP contribution in [0, 0.1) is 11.6 Å². The molecule has 1 saturated heterocycles. The SMILES string of the molecule is O=C1CC(N(Cc2cc(F)cc(F)c2)C(=O)O)CN1c1ccc(Cl)cc1. The summed E-state index contributed by atoms with van der Waals surface area (Å²) in [6.07, 6.45) is -1.27. The summed E-state index contributed by atoms with van der Waals surface area (Å²) in [5.41, 5.74) is 0.798. The van der Waals surface area contributed by atoms with Gasteiger partial charge in [0.15, 0.2) is 0 Å². The molecule has 1 N–H and O–H groups in total. The molecular formula is C18H15ClF2N2O3. The van der Waals surface area contributed by atoms with Crippen LogP contribution in [0.3, 0.4) is 0 Å². The van der Waals surface area contributed by atoms with E-state index < -0.39 is 23.8 Å². The number of hydrogen-bond acceptors (Lipinski definition) is 2. The third-order valence-corrected chi connectivity index (χ3v) is 4.46. The van der Waals surface area contributed by atoms with Crippen LogP contribution in [0.2, 0.25) is 5.02 Å². The van der Waals surface area contributed by atoms with Crippen LogP contribution < -0.4 is 4.90 Å². The number of amides is 2. The number of carboxylic acid groups (broad SMARTS) is 1. The first-order valence-corrected chi connectivity index (χ1v) is 8.22. The summed E-state index contributed by atoms with van der Waals surface area (Å²) in [5, 5.41) is 10.0. The molecule has 1 aliphatic rings. The molecule has 0 aliphatic carbocycles. The van der Waals surface area contributed by atoms with E-state index in [-0.39, 0.29) is 31.0 Å². The molecule has 2 aromatic carbocycles. The molecule has 26 heavy (non-hydrogen) atoms. The zero-order chi connectivity index (χ0) is 18.8. The lowest BCUT2D eigenvalue weighted by Gasteiger charge is -2.26. The van der Waals surface area contributed by atoms with Crippen molar-refractivity contribution in [3.63, 3.8) is 0 Å². The van der Waals surface area contributed by atoms with Crippen molar-refractivity contribution in [2.75, 3.05) is 11.4 Å². The van der Waals surface area contributed by atoms with Crippen molar-refractivity contribution >= 4 is 29.3 Å². The van der Waals surface area contributed by atoms with Gasteiger partial charge in [-0.3, -0.25) is 9.69 Å². The summed E-state index contributed by atoms with van der Waals surface area (Å²) in [6.45, 7) is -0.0546. The molecule has 0 aromatic heterocycles. The van der Waals surface area contributed by atoms with Crippen molar-refractivity contribution in [1.29, 1.82) is 0 Å². The first-order chi connectivity index (χ1) is 12.3. The normalized spacial score (nSPS) is 16.8. The molecule has 136 valence electrons. The van der Waals surface area contributed by atoms with Crippen molar-refractivity contribution in [3.8, 4) is 0 Å². The maximum Gasteiger partial charge on any atom is 0.407 e. The lowest BCUT2D eigenvalue weighted by atomic mass is 10.1. The molecule has 2 amide bonds. The second-order valence-electron chi connectivity index (χ2n) is 6.03. The van der Waals surface area contributed by atoms with E-state index in [1.807, 2.05) is 0 Å². The molecule has 1 fully saturated rings. The van der Waals surface area contributed by atoms with E-state index >= 15 is 0 Å². The van der Waals surface area contributed by atoms with Gasteiger partial charge in [-0.15, -0.1) is 0 Å². The summed E-state index contributed by atoms with van der Waals surface area (Å²) in [7, 11) is 0. The molecule has 1 atom stereocenters. The van der Waals surface area contributed by atoms with Crippen LogP contribution in [0.15, 0.2) is 42.5 Å². The van der Waals surface area contributed by atoms with E-state index in [0.29, 0.717) is 10.7 Å². The van der Waals surface area contributed by atoms with Gasteiger partial charge in [0, 0.05) is 36.3 Å². The summed E-state index contributed by atoms with van der Waals surface area (Å²) in [5.74, 6) is -1.79. The molecule has 1 unspecified atom stereocenters. The van der Waals surface area contributed by atoms with Crippen LogP contribution >= 0.6 is 11.6 Å². The Labute approximate surface area is 153 Å². The number of rotatable bonds is 4. The minimum atomic E-state index is -1.26. The second-order valence-corrected chi connectivity index (χ2v) is 6.46. The lowest BCUT2D eigenvalue weighted by Crippen LogP contribution is -2.40. The monoisotopic (exact) mass is 380 g/mol. The van der Waals surface area contributed by atoms with Gasteiger partial charge in [-0.1, -0.05) is 11.6 Å². The fourth-order valence-corrected chi connectivity index (χ4v) is 3.15. The summed E-state index contributed by atoms with van der Waals surface area (Å²) < 4.78 is 26.7. The Morgan fingerprint density at radius 2 is 1.81 bits per heavy atom. The number of hydrogen-bond donors (Lipinski definition) is 1. The molecule has 0 spiro atoms. The predicted molar refractivity (Wildman–Crippen MR) is 92.1 cm³/mol. The Balaban J connectivity index is 1.79. The van der Waals surface area contributed by atoms with E-state index in [9.17, 15) is 23.5 Å². The van der Waals surface area contributed by atoms with Crippen LogP contribution in [0.4, 0.5) is 19.3 Å². The average Bonchev–Trinajstić information content (AvgIpc) is 2.93. The van der Waals surface area contributed by atoms with Crippen LogP contribution in [0.25, 0.3) is 0 Å². The third-order valence-electron chi connectivity index (χ3n) is 4.20. The van der Waals surface area contributed by atoms with Gasteiger partial charge < -0.3 is 10.0 Å². The summed E-state index contributed by atoms with van der Waals surface area (Å²) in [4.78, 5) is 26.5. The number of carbonyl (C=O) groups is 2. The van der Waals surface area contributed by atoms with Crippen LogP contribution in [0.5, 0.6) is 0 Å². The molecule has 0 radical (unpaired) electrons. The number of halogens is 3. The van der Waals surface area contributed by atoms with Gasteiger partial charge in [-0.25, -0.2) is 13.6 Å². The maximum atomic E-state index is 13.4. The minimum Gasteiger partial charge on any atom is -0.465 e. The average molecular weight is 381 g/mol. The molecule has 8 heteroatoms. The Kier molecular flexibility index (Phi) is 5.08. The molecule has 0 saturated carbocycles. The Hall–Kier alpha value is -2.67. The molecule has 3 rings (SSSR count). The maximum absolute atomic E-state index is 13.4. The fourth-order valence-electron chi connectivity index (χ4n) is 3.02. The number of carbonyl (C=O) groups excluding carboxylic acids is 1. The van der Waals surface area contributed by atoms with Gasteiger partial charge in [0.2, 0.25) is 5.91 Å². The third kappa shape index (κ3) is 3.94. The topological polar surface area (TPSA) is 60.9 Å². The molecular weight excluding hydrogens is 366 g/mol. The zero-order valence-electron chi connectivity index (χ0n) is 13.5. The number of anilines is 1. The number of benzene rings is 2. The van der Waals surface area contributed by atoms with Crippen molar-refractivity contribution in [2.24, 2.45) is 0 Å². The Morgan fingerprint density at radius 1 is 1.19 bits per heavy atom. The highest BCUT2D eigenvalue weighted by Gasteiger charge is 2.36. The van der Waals surface area contributed by atoms with Crippen molar-refractivity contribution in [3.05, 3.63) is 64.7 Å². The Morgan fingerprint density at radius 3 is 2.38 bits per heavy atom. The molecule has 2 aromatic rings. The number of nitrogens with zero attached hydrogens (tertiary/aromatic N) is 2. The second kappa shape index (κ2) is 7.29. The fraction of sp³-hybridized carbons (Fsp3) is 0.222. The van der Waals surface area contributed by atoms with Gasteiger partial charge in [0.05, 0.1) is 6.04 Å². The van der Waals surface area contributed by atoms with Crippen molar-refractivity contribution in [1.82, 2.24) is 4.90 Å². The molecule has 5 nitrogen and oxygen atoms in total. The van der Waals surface area contributed by atoms with E-state index in [1.165, 1.54) is 4.90 Å². The van der Waals surface area contributed by atoms with Gasteiger partial charge in [0.25, 0.3) is 0 Å². The highest BCUT2D eigenvalue weighted by Crippen LogP contribution is 2.26. The summed E-state index contributed by atoms with van der Waals surface area (Å²) >= 11 is 5.84. The smallest absolute Gasteiger partial charge is 0.407 e. The van der Waals surface area contributed by atoms with Crippen molar-refractivity contribution in [2.45, 2.75) is 19.0 Å². The lowest BCUT2D eigenvalue weighted by molar-refractivity contribution is -0.117. The van der Waals surface area contributed by atoms with Crippen LogP contribution in [-0.2, 0) is 11.3 Å². The highest BCUT2D eigenvalue weighted by molar-refractivity contribution is 6.30. The standard InChI is InChI=1S/C18H15ClF2N2O3/c19-12-1-3-15(4-2-12)22-10-16(8-17(22)24)23(18(25)26)9-11-5-13(20)7-14(21)6-11/h1-7,16H,8-10H2,(H,25,26). The highest BCUT2D eigenvalue weighted by atomic mass is 35.5. The van der Waals surface area contributed by atoms with Gasteiger partial charge in [-0.05, 0) is 42.0 Å². The van der Waals surface area contributed by atoms with E-state index in [4.69, 9.17) is 11.6 Å². The van der Waals surface area contributed by atoms with Gasteiger partial charge in [0.1, 0.15) is 11.6 Å². The van der Waals surface area contributed by atoms with E-state index in [2.05, 4.69) is 0 Å². The first-order valence-electron chi connectivity index (χ1n) is 7.84. The minimum absolute atomic E-state index is 0.00722. The molecule has 1 aliphatic heterocycles. The van der Waals surface area contributed by atoms with Gasteiger partial charge >= 0.3 is 6.09 Å². The molecule has 0 bridgehead atoms. The van der Waals surface area contributed by atoms with Crippen molar-refractivity contribution < 1.29 is 23.5 Å². The van der Waals surface area contributed by atoms with Crippen LogP contribution in [0.1, 0.15) is 12.0 Å². The molecule has 1 heterocycles. The summed E-state index contributed by atoms with van der Waals surface area (Å²) in [6, 6.07) is 8.88. The van der Waals surface area contributed by atoms with E-state index in [1.54, 1.807) is 24.3 Å².